The molecule has 1 amide bonds. The molecule has 0 bridgehead atoms. The van der Waals surface area contributed by atoms with Crippen molar-refractivity contribution in [2.45, 2.75) is 19.8 Å². The van der Waals surface area contributed by atoms with Gasteiger partial charge in [-0.2, -0.15) is 0 Å². The second-order valence-electron chi connectivity index (χ2n) is 6.19. The van der Waals surface area contributed by atoms with Crippen LogP contribution in [0.2, 0.25) is 0 Å². The highest BCUT2D eigenvalue weighted by Crippen LogP contribution is 2.32. The van der Waals surface area contributed by atoms with Crippen LogP contribution in [0.25, 0.3) is 0 Å². The molecule has 0 aromatic heterocycles. The molecule has 8 heteroatoms. The van der Waals surface area contributed by atoms with Gasteiger partial charge in [0.2, 0.25) is 10.0 Å². The van der Waals surface area contributed by atoms with Gasteiger partial charge < -0.3 is 10.1 Å². The smallest absolute Gasteiger partial charge is 0.262 e. The standard InChI is InChI=1S/C19H21FN2O4S/c1-2-27(24,25)22-11-5-6-14-9-10-15(12-17(14)22)21-19(23)13-26-18-8-4-3-7-16(18)20/h3-4,7-10,12H,2,5-6,11,13H2,1H3,(H,21,23). The lowest BCUT2D eigenvalue weighted by Crippen LogP contribution is -2.36. The van der Waals surface area contributed by atoms with Crippen molar-refractivity contribution in [1.82, 2.24) is 0 Å². The lowest BCUT2D eigenvalue weighted by Gasteiger charge is -2.30. The van der Waals surface area contributed by atoms with Crippen molar-refractivity contribution >= 4 is 27.3 Å². The van der Waals surface area contributed by atoms with E-state index in [1.807, 2.05) is 6.07 Å². The molecular weight excluding hydrogens is 371 g/mol. The van der Waals surface area contributed by atoms with E-state index < -0.39 is 21.7 Å². The number of para-hydroxylation sites is 1. The van der Waals surface area contributed by atoms with Gasteiger partial charge in [0.15, 0.2) is 18.2 Å². The Morgan fingerprint density at radius 1 is 1.26 bits per heavy atom. The molecule has 144 valence electrons. The molecule has 2 aromatic carbocycles. The zero-order valence-electron chi connectivity index (χ0n) is 14.9. The number of carbonyl (C=O) groups is 1. The number of sulfonamides is 1. The third-order valence-corrected chi connectivity index (χ3v) is 6.12. The maximum atomic E-state index is 13.5. The van der Waals surface area contributed by atoms with E-state index in [1.54, 1.807) is 25.1 Å². The molecule has 0 atom stereocenters. The summed E-state index contributed by atoms with van der Waals surface area (Å²) in [5.74, 6) is -0.990. The Kier molecular flexibility index (Phi) is 5.65. The minimum Gasteiger partial charge on any atom is -0.481 e. The van der Waals surface area contributed by atoms with E-state index in [2.05, 4.69) is 5.32 Å². The molecule has 0 fully saturated rings. The minimum absolute atomic E-state index is 0.00157. The van der Waals surface area contributed by atoms with Crippen molar-refractivity contribution in [1.29, 1.82) is 0 Å². The first-order chi connectivity index (χ1) is 12.9. The van der Waals surface area contributed by atoms with Crippen LogP contribution in [0.4, 0.5) is 15.8 Å². The van der Waals surface area contributed by atoms with E-state index in [-0.39, 0.29) is 18.1 Å². The number of halogens is 1. The Labute approximate surface area is 158 Å². The lowest BCUT2D eigenvalue weighted by molar-refractivity contribution is -0.118. The molecule has 0 saturated carbocycles. The fourth-order valence-electron chi connectivity index (χ4n) is 2.97. The number of fused-ring (bicyclic) bond motifs is 1. The number of amides is 1. The van der Waals surface area contributed by atoms with Crippen LogP contribution in [0.1, 0.15) is 18.9 Å². The number of nitrogens with zero attached hydrogens (tertiary/aromatic N) is 1. The van der Waals surface area contributed by atoms with E-state index in [0.717, 1.165) is 18.4 Å². The van der Waals surface area contributed by atoms with Gasteiger partial charge in [-0.15, -0.1) is 0 Å². The first-order valence-corrected chi connectivity index (χ1v) is 10.3. The van der Waals surface area contributed by atoms with Crippen LogP contribution in [0, 0.1) is 5.82 Å². The second kappa shape index (κ2) is 7.96. The Hall–Kier alpha value is -2.61. The summed E-state index contributed by atoms with van der Waals surface area (Å²) in [4.78, 5) is 12.1. The summed E-state index contributed by atoms with van der Waals surface area (Å²) in [5.41, 5.74) is 1.99. The summed E-state index contributed by atoms with van der Waals surface area (Å²) in [6, 6.07) is 11.0. The molecule has 1 aliphatic heterocycles. The van der Waals surface area contributed by atoms with E-state index in [0.29, 0.717) is 17.9 Å². The van der Waals surface area contributed by atoms with E-state index in [9.17, 15) is 17.6 Å². The maximum Gasteiger partial charge on any atom is 0.262 e. The van der Waals surface area contributed by atoms with Gasteiger partial charge in [0.25, 0.3) is 5.91 Å². The molecule has 0 spiro atoms. The number of hydrogen-bond donors (Lipinski definition) is 1. The number of anilines is 2. The fourth-order valence-corrected chi connectivity index (χ4v) is 4.15. The van der Waals surface area contributed by atoms with Crippen LogP contribution < -0.4 is 14.4 Å². The molecule has 27 heavy (non-hydrogen) atoms. The minimum atomic E-state index is -3.38. The zero-order chi connectivity index (χ0) is 19.4. The summed E-state index contributed by atoms with van der Waals surface area (Å²) < 4.78 is 44.8. The molecule has 3 rings (SSSR count). The van der Waals surface area contributed by atoms with Gasteiger partial charge in [0, 0.05) is 12.2 Å². The highest BCUT2D eigenvalue weighted by molar-refractivity contribution is 7.92. The summed E-state index contributed by atoms with van der Waals surface area (Å²) in [7, 11) is -3.38. The van der Waals surface area contributed by atoms with Crippen molar-refractivity contribution in [3.8, 4) is 5.75 Å². The summed E-state index contributed by atoms with van der Waals surface area (Å²) in [6.07, 6.45) is 1.55. The average molecular weight is 392 g/mol. The first-order valence-electron chi connectivity index (χ1n) is 8.71. The number of benzene rings is 2. The Balaban J connectivity index is 1.72. The van der Waals surface area contributed by atoms with Crippen LogP contribution in [-0.4, -0.2) is 33.2 Å². The monoisotopic (exact) mass is 392 g/mol. The molecule has 1 N–H and O–H groups in total. The Bertz CT molecular complexity index is 946. The van der Waals surface area contributed by atoms with Crippen molar-refractivity contribution in [2.24, 2.45) is 0 Å². The van der Waals surface area contributed by atoms with Crippen molar-refractivity contribution in [3.05, 3.63) is 53.8 Å². The highest BCUT2D eigenvalue weighted by Gasteiger charge is 2.26. The second-order valence-corrected chi connectivity index (χ2v) is 8.37. The van der Waals surface area contributed by atoms with Crippen LogP contribution >= 0.6 is 0 Å². The highest BCUT2D eigenvalue weighted by atomic mass is 32.2. The Morgan fingerprint density at radius 3 is 2.78 bits per heavy atom. The van der Waals surface area contributed by atoms with Crippen LogP contribution in [0.5, 0.6) is 5.75 Å². The third kappa shape index (κ3) is 4.39. The SMILES string of the molecule is CCS(=O)(=O)N1CCCc2ccc(NC(=O)COc3ccccc3F)cc21. The number of rotatable bonds is 6. The van der Waals surface area contributed by atoms with Crippen LogP contribution in [0.3, 0.4) is 0 Å². The molecule has 1 aliphatic rings. The molecule has 0 radical (unpaired) electrons. The zero-order valence-corrected chi connectivity index (χ0v) is 15.8. The van der Waals surface area contributed by atoms with Gasteiger partial charge >= 0.3 is 0 Å². The molecule has 6 nitrogen and oxygen atoms in total. The number of nitrogens with one attached hydrogen (secondary N) is 1. The number of aryl methyl sites for hydroxylation is 1. The van der Waals surface area contributed by atoms with Gasteiger partial charge in [-0.1, -0.05) is 18.2 Å². The summed E-state index contributed by atoms with van der Waals surface area (Å²) in [6.45, 7) is 1.68. The predicted octanol–water partition coefficient (Wildman–Crippen LogP) is 2.95. The van der Waals surface area contributed by atoms with Gasteiger partial charge in [0.1, 0.15) is 0 Å². The number of carbonyl (C=O) groups excluding carboxylic acids is 1. The van der Waals surface area contributed by atoms with E-state index in [4.69, 9.17) is 4.74 Å². The van der Waals surface area contributed by atoms with Crippen LogP contribution in [-0.2, 0) is 21.2 Å². The van der Waals surface area contributed by atoms with Gasteiger partial charge in [-0.05, 0) is 49.6 Å². The fraction of sp³-hybridized carbons (Fsp3) is 0.316. The van der Waals surface area contributed by atoms with Crippen molar-refractivity contribution in [3.63, 3.8) is 0 Å². The molecular formula is C19H21FN2O4S. The largest absolute Gasteiger partial charge is 0.481 e. The van der Waals surface area contributed by atoms with E-state index in [1.165, 1.54) is 22.5 Å². The number of ether oxygens (including phenoxy) is 1. The molecule has 0 unspecified atom stereocenters. The summed E-state index contributed by atoms with van der Waals surface area (Å²) >= 11 is 0. The normalized spacial score (nSPS) is 13.8. The maximum absolute atomic E-state index is 13.5. The van der Waals surface area contributed by atoms with Gasteiger partial charge in [0.05, 0.1) is 11.4 Å². The molecule has 2 aromatic rings. The van der Waals surface area contributed by atoms with Crippen molar-refractivity contribution < 1.29 is 22.3 Å². The summed E-state index contributed by atoms with van der Waals surface area (Å²) in [5, 5.41) is 2.66. The predicted molar refractivity (Wildman–Crippen MR) is 102 cm³/mol. The topological polar surface area (TPSA) is 75.7 Å². The molecule has 0 saturated heterocycles. The third-order valence-electron chi connectivity index (χ3n) is 4.34. The van der Waals surface area contributed by atoms with Crippen molar-refractivity contribution in [2.75, 3.05) is 28.5 Å². The quantitative estimate of drug-likeness (QED) is 0.820. The average Bonchev–Trinajstić information content (AvgIpc) is 2.66. The lowest BCUT2D eigenvalue weighted by atomic mass is 10.0. The van der Waals surface area contributed by atoms with Crippen LogP contribution in [0.15, 0.2) is 42.5 Å². The molecule has 0 aliphatic carbocycles. The van der Waals surface area contributed by atoms with Gasteiger partial charge in [-0.3, -0.25) is 9.10 Å². The van der Waals surface area contributed by atoms with Gasteiger partial charge in [-0.25, -0.2) is 12.8 Å². The number of hydrogen-bond acceptors (Lipinski definition) is 4. The molecule has 1 heterocycles. The Morgan fingerprint density at radius 2 is 2.04 bits per heavy atom. The first kappa shape index (κ1) is 19.2. The van der Waals surface area contributed by atoms with E-state index >= 15 is 0 Å².